The molecule has 1 heterocycles. The number of aryl methyl sites for hydroxylation is 1. The van der Waals surface area contributed by atoms with Crippen molar-refractivity contribution in [3.05, 3.63) is 60.4 Å². The van der Waals surface area contributed by atoms with Crippen LogP contribution < -0.4 is 15.4 Å². The summed E-state index contributed by atoms with van der Waals surface area (Å²) in [6, 6.07) is 10.0. The van der Waals surface area contributed by atoms with E-state index >= 15 is 0 Å². The largest absolute Gasteiger partial charge is 0.480 e. The van der Waals surface area contributed by atoms with Gasteiger partial charge in [0.25, 0.3) is 5.91 Å². The molecule has 11 heteroatoms. The molecule has 0 radical (unpaired) electrons. The zero-order chi connectivity index (χ0) is 24.1. The first-order valence-corrected chi connectivity index (χ1v) is 11.7. The molecule has 1 aliphatic heterocycles. The number of carbonyl (C=O) groups excluding carboxylic acids is 4. The van der Waals surface area contributed by atoms with Crippen LogP contribution >= 0.6 is 45.2 Å². The van der Waals surface area contributed by atoms with Gasteiger partial charge in [-0.1, -0.05) is 12.1 Å². The zero-order valence-corrected chi connectivity index (χ0v) is 21.9. The Hall–Kier alpha value is -2.68. The second kappa shape index (κ2) is 11.0. The lowest BCUT2D eigenvalue weighted by Crippen LogP contribution is -2.38. The Labute approximate surface area is 217 Å². The summed E-state index contributed by atoms with van der Waals surface area (Å²) in [6.45, 7) is 1.26. The number of nitrogens with zero attached hydrogens (tertiary/aromatic N) is 1. The van der Waals surface area contributed by atoms with E-state index in [4.69, 9.17) is 4.74 Å². The average Bonchev–Trinajstić information content (AvgIpc) is 3.00. The van der Waals surface area contributed by atoms with Crippen LogP contribution in [0.4, 0.5) is 10.5 Å². The van der Waals surface area contributed by atoms with Crippen LogP contribution in [-0.4, -0.2) is 49.0 Å². The van der Waals surface area contributed by atoms with E-state index in [9.17, 15) is 19.2 Å². The summed E-state index contributed by atoms with van der Waals surface area (Å²) in [5.74, 6) is -1.07. The number of amides is 4. The maximum Gasteiger partial charge on any atom is 0.343 e. The molecule has 0 saturated carbocycles. The number of imide groups is 1. The summed E-state index contributed by atoms with van der Waals surface area (Å²) in [6.07, 6.45) is 1.52. The summed E-state index contributed by atoms with van der Waals surface area (Å²) < 4.78 is 11.5. The minimum Gasteiger partial charge on any atom is -0.480 e. The molecule has 2 N–H and O–H groups in total. The van der Waals surface area contributed by atoms with E-state index in [2.05, 4.69) is 60.6 Å². The van der Waals surface area contributed by atoms with Gasteiger partial charge in [0.2, 0.25) is 5.91 Å². The molecule has 0 aromatic heterocycles. The number of nitrogens with one attached hydrogen (secondary N) is 2. The Morgan fingerprint density at radius 3 is 2.48 bits per heavy atom. The van der Waals surface area contributed by atoms with E-state index in [-0.39, 0.29) is 12.3 Å². The van der Waals surface area contributed by atoms with Gasteiger partial charge in [0.15, 0.2) is 6.61 Å². The normalized spacial score (nSPS) is 14.3. The lowest BCUT2D eigenvalue weighted by molar-refractivity contribution is -0.143. The monoisotopic (exact) mass is 675 g/mol. The molecule has 2 aromatic carbocycles. The van der Waals surface area contributed by atoms with Crippen LogP contribution in [0.15, 0.2) is 42.1 Å². The highest BCUT2D eigenvalue weighted by molar-refractivity contribution is 14.1. The number of methoxy groups -OCH3 is 1. The third kappa shape index (κ3) is 6.43. The van der Waals surface area contributed by atoms with Gasteiger partial charge in [-0.25, -0.2) is 14.5 Å². The maximum absolute atomic E-state index is 12.7. The van der Waals surface area contributed by atoms with Crippen molar-refractivity contribution in [3.8, 4) is 5.75 Å². The molecule has 0 bridgehead atoms. The summed E-state index contributed by atoms with van der Waals surface area (Å²) >= 11 is 4.10. The highest BCUT2D eigenvalue weighted by atomic mass is 127. The van der Waals surface area contributed by atoms with Crippen molar-refractivity contribution >= 4 is 80.8 Å². The van der Waals surface area contributed by atoms with Gasteiger partial charge in [-0.3, -0.25) is 9.59 Å². The third-order valence-corrected chi connectivity index (χ3v) is 6.06. The molecule has 0 unspecified atom stereocenters. The lowest BCUT2D eigenvalue weighted by atomic mass is 10.2. The number of carbonyl (C=O) groups is 4. The summed E-state index contributed by atoms with van der Waals surface area (Å²) in [7, 11) is 1.28. The molecular formula is C22H19I2N3O6. The molecule has 4 amide bonds. The molecule has 33 heavy (non-hydrogen) atoms. The highest BCUT2D eigenvalue weighted by Crippen LogP contribution is 2.30. The second-order valence-electron chi connectivity index (χ2n) is 6.98. The molecule has 0 atom stereocenters. The molecule has 1 fully saturated rings. The first-order valence-electron chi connectivity index (χ1n) is 9.57. The number of hydrogen-bond acceptors (Lipinski definition) is 6. The molecule has 172 valence electrons. The number of halogens is 2. The van der Waals surface area contributed by atoms with Gasteiger partial charge in [0, 0.05) is 5.69 Å². The predicted octanol–water partition coefficient (Wildman–Crippen LogP) is 3.29. The van der Waals surface area contributed by atoms with Gasteiger partial charge >= 0.3 is 12.0 Å². The van der Waals surface area contributed by atoms with E-state index in [0.717, 1.165) is 10.5 Å². The van der Waals surface area contributed by atoms with Crippen LogP contribution in [0.2, 0.25) is 0 Å². The smallest absolute Gasteiger partial charge is 0.343 e. The summed E-state index contributed by atoms with van der Waals surface area (Å²) in [5.41, 5.74) is 2.25. The summed E-state index contributed by atoms with van der Waals surface area (Å²) in [4.78, 5) is 49.5. The first-order chi connectivity index (χ1) is 15.7. The Morgan fingerprint density at radius 2 is 1.85 bits per heavy atom. The van der Waals surface area contributed by atoms with Gasteiger partial charge in [-0.2, -0.15) is 0 Å². The van der Waals surface area contributed by atoms with Crippen molar-refractivity contribution in [1.29, 1.82) is 0 Å². The number of anilines is 1. The van der Waals surface area contributed by atoms with Gasteiger partial charge in [0.1, 0.15) is 18.0 Å². The second-order valence-corrected chi connectivity index (χ2v) is 9.30. The molecular weight excluding hydrogens is 656 g/mol. The number of esters is 1. The van der Waals surface area contributed by atoms with Crippen molar-refractivity contribution in [2.45, 2.75) is 6.92 Å². The number of benzene rings is 2. The molecule has 2 aromatic rings. The van der Waals surface area contributed by atoms with E-state index in [1.807, 2.05) is 13.0 Å². The van der Waals surface area contributed by atoms with E-state index in [1.165, 1.54) is 13.2 Å². The zero-order valence-electron chi connectivity index (χ0n) is 17.6. The van der Waals surface area contributed by atoms with Gasteiger partial charge in [-0.15, -0.1) is 0 Å². The average molecular weight is 675 g/mol. The standard InChI is InChI=1S/C22H19I2N3O6/c1-12-4-3-5-14(6-12)25-18(28)10-27-21(30)17(26-22(27)31)9-13-7-15(23)20(16(24)8-13)33-11-19(29)32-2/h3-9H,10-11H2,1-2H3,(H,25,28)(H,26,31)/b17-9+. The molecule has 3 rings (SSSR count). The number of hydrogen-bond donors (Lipinski definition) is 2. The Morgan fingerprint density at radius 1 is 1.15 bits per heavy atom. The van der Waals surface area contributed by atoms with Crippen molar-refractivity contribution in [1.82, 2.24) is 10.2 Å². The Kier molecular flexibility index (Phi) is 8.29. The fourth-order valence-electron chi connectivity index (χ4n) is 2.94. The van der Waals surface area contributed by atoms with Crippen LogP contribution in [0, 0.1) is 14.1 Å². The van der Waals surface area contributed by atoms with Gasteiger partial charge in [0.05, 0.1) is 14.3 Å². The number of urea groups is 1. The minimum absolute atomic E-state index is 0.0539. The third-order valence-electron chi connectivity index (χ3n) is 4.46. The van der Waals surface area contributed by atoms with Crippen molar-refractivity contribution in [2.24, 2.45) is 0 Å². The van der Waals surface area contributed by atoms with E-state index < -0.39 is 30.4 Å². The van der Waals surface area contributed by atoms with Gasteiger partial charge in [-0.05, 0) is 93.6 Å². The van der Waals surface area contributed by atoms with E-state index in [1.54, 1.807) is 30.3 Å². The molecule has 9 nitrogen and oxygen atoms in total. The Balaban J connectivity index is 1.71. The van der Waals surface area contributed by atoms with Crippen molar-refractivity contribution < 1.29 is 28.7 Å². The van der Waals surface area contributed by atoms with Crippen molar-refractivity contribution in [2.75, 3.05) is 25.6 Å². The van der Waals surface area contributed by atoms with Crippen LogP contribution in [-0.2, 0) is 19.1 Å². The molecule has 0 aliphatic carbocycles. The van der Waals surface area contributed by atoms with E-state index in [0.29, 0.717) is 24.1 Å². The SMILES string of the molecule is COC(=O)COc1c(I)cc(/C=C2/NC(=O)N(CC(=O)Nc3cccc(C)c3)C2=O)cc1I. The first kappa shape index (κ1) is 25.0. The quantitative estimate of drug-likeness (QED) is 0.202. The fraction of sp³-hybridized carbons (Fsp3) is 0.182. The van der Waals surface area contributed by atoms with Gasteiger partial charge < -0.3 is 20.1 Å². The lowest BCUT2D eigenvalue weighted by Gasteiger charge is -2.12. The summed E-state index contributed by atoms with van der Waals surface area (Å²) in [5, 5.41) is 5.18. The van der Waals surface area contributed by atoms with Crippen molar-refractivity contribution in [3.63, 3.8) is 0 Å². The molecule has 0 spiro atoms. The van der Waals surface area contributed by atoms with Crippen LogP contribution in [0.25, 0.3) is 6.08 Å². The highest BCUT2D eigenvalue weighted by Gasteiger charge is 2.35. The number of ether oxygens (including phenoxy) is 2. The fourth-order valence-corrected chi connectivity index (χ4v) is 5.07. The topological polar surface area (TPSA) is 114 Å². The Bertz CT molecular complexity index is 1140. The predicted molar refractivity (Wildman–Crippen MR) is 137 cm³/mol. The van der Waals surface area contributed by atoms with Crippen LogP contribution in [0.3, 0.4) is 0 Å². The molecule has 1 saturated heterocycles. The number of rotatable bonds is 7. The molecule has 1 aliphatic rings. The minimum atomic E-state index is -0.673. The van der Waals surface area contributed by atoms with Crippen LogP contribution in [0.5, 0.6) is 5.75 Å². The maximum atomic E-state index is 12.7. The van der Waals surface area contributed by atoms with Crippen LogP contribution in [0.1, 0.15) is 11.1 Å².